The van der Waals surface area contributed by atoms with Gasteiger partial charge in [-0.25, -0.2) is 0 Å². The van der Waals surface area contributed by atoms with Gasteiger partial charge < -0.3 is 14.8 Å². The van der Waals surface area contributed by atoms with Crippen LogP contribution in [0.1, 0.15) is 68.7 Å². The third-order valence-electron chi connectivity index (χ3n) is 6.27. The second-order valence-electron chi connectivity index (χ2n) is 10.9. The normalized spacial score (nSPS) is 14.3. The summed E-state index contributed by atoms with van der Waals surface area (Å²) in [4.78, 5) is 52.4. The highest BCUT2D eigenvalue weighted by molar-refractivity contribution is 7.18. The molecule has 1 aromatic carbocycles. The summed E-state index contributed by atoms with van der Waals surface area (Å²) in [5.41, 5.74) is -0.375. The second-order valence-corrected chi connectivity index (χ2v) is 12.7. The maximum Gasteiger partial charge on any atom is 0.450 e. The van der Waals surface area contributed by atoms with Crippen LogP contribution in [0.3, 0.4) is 0 Å². The molecule has 0 unspecified atom stereocenters. The molecule has 1 amide bonds. The molecule has 0 spiro atoms. The van der Waals surface area contributed by atoms with E-state index in [4.69, 9.17) is 21.1 Å². The van der Waals surface area contributed by atoms with Crippen molar-refractivity contribution < 1.29 is 41.8 Å². The van der Waals surface area contributed by atoms with Gasteiger partial charge >= 0.3 is 6.18 Å². The minimum absolute atomic E-state index is 0.162. The van der Waals surface area contributed by atoms with Gasteiger partial charge in [-0.3, -0.25) is 19.2 Å². The molecule has 0 radical (unpaired) electrons. The SMILES string of the molecule is COc1ccc([C@H](NC(=O)[C@H](COC(C)(C)C)CC(=O)c2ccc(Cl)s2)C(=O)C[C@H](C(=O)C(F)(F)F)C(C)C)cc1. The number of Topliss-reactive ketones (excluding diaryl/α,β-unsaturated/α-hetero) is 3. The quantitative estimate of drug-likeness (QED) is 0.239. The molecule has 12 heteroatoms. The maximum absolute atomic E-state index is 13.6. The summed E-state index contributed by atoms with van der Waals surface area (Å²) in [6.45, 7) is 8.00. The Labute approximate surface area is 246 Å². The molecule has 0 saturated carbocycles. The number of carbonyl (C=O) groups is 4. The van der Waals surface area contributed by atoms with Gasteiger partial charge in [0.2, 0.25) is 11.7 Å². The number of thiophene rings is 1. The molecule has 0 bridgehead atoms. The molecule has 2 rings (SSSR count). The zero-order chi connectivity index (χ0) is 31.1. The monoisotopic (exact) mass is 617 g/mol. The summed E-state index contributed by atoms with van der Waals surface area (Å²) in [6, 6.07) is 7.78. The molecule has 1 N–H and O–H groups in total. The van der Waals surface area contributed by atoms with Crippen molar-refractivity contribution in [1.29, 1.82) is 0 Å². The van der Waals surface area contributed by atoms with Crippen molar-refractivity contribution in [2.75, 3.05) is 13.7 Å². The minimum atomic E-state index is -5.12. The lowest BCUT2D eigenvalue weighted by Crippen LogP contribution is -2.42. The van der Waals surface area contributed by atoms with E-state index in [-0.39, 0.29) is 24.4 Å². The molecule has 0 fully saturated rings. The van der Waals surface area contributed by atoms with E-state index >= 15 is 0 Å². The highest BCUT2D eigenvalue weighted by atomic mass is 35.5. The van der Waals surface area contributed by atoms with Crippen molar-refractivity contribution in [3.63, 3.8) is 0 Å². The molecule has 41 heavy (non-hydrogen) atoms. The lowest BCUT2D eigenvalue weighted by atomic mass is 9.84. The fraction of sp³-hybridized carbons (Fsp3) is 0.517. The van der Waals surface area contributed by atoms with Crippen LogP contribution in [0.15, 0.2) is 36.4 Å². The van der Waals surface area contributed by atoms with E-state index in [0.717, 1.165) is 11.3 Å². The van der Waals surface area contributed by atoms with E-state index in [1.54, 1.807) is 32.9 Å². The average Bonchev–Trinajstić information content (AvgIpc) is 3.32. The van der Waals surface area contributed by atoms with Crippen LogP contribution in [-0.2, 0) is 19.1 Å². The van der Waals surface area contributed by atoms with Crippen LogP contribution in [0.5, 0.6) is 5.75 Å². The Balaban J connectivity index is 2.41. The number of carbonyl (C=O) groups excluding carboxylic acids is 4. The van der Waals surface area contributed by atoms with Crippen molar-refractivity contribution >= 4 is 46.2 Å². The zero-order valence-electron chi connectivity index (χ0n) is 23.8. The van der Waals surface area contributed by atoms with E-state index in [1.165, 1.54) is 45.2 Å². The van der Waals surface area contributed by atoms with E-state index in [2.05, 4.69) is 5.32 Å². The standard InChI is InChI=1S/C29H35ClF3NO6S/c1-16(2)20(26(37)29(31,32)33)14-22(36)25(17-7-9-19(39-6)10-8-17)34-27(38)18(15-40-28(3,4)5)13-21(35)23-11-12-24(30)41-23/h7-12,16,18,20,25H,13-15H2,1-6H3,(H,34,38)/t18-,20-,25-/m0/s1. The number of amides is 1. The van der Waals surface area contributed by atoms with Crippen molar-refractivity contribution in [1.82, 2.24) is 5.32 Å². The largest absolute Gasteiger partial charge is 0.497 e. The molecular weight excluding hydrogens is 583 g/mol. The first-order valence-corrected chi connectivity index (χ1v) is 14.1. The summed E-state index contributed by atoms with van der Waals surface area (Å²) in [5.74, 6) is -6.85. The fourth-order valence-electron chi connectivity index (χ4n) is 3.95. The van der Waals surface area contributed by atoms with E-state index in [1.807, 2.05) is 0 Å². The van der Waals surface area contributed by atoms with Gasteiger partial charge in [-0.1, -0.05) is 37.6 Å². The molecule has 3 atom stereocenters. The lowest BCUT2D eigenvalue weighted by Gasteiger charge is -2.27. The molecule has 0 aliphatic rings. The van der Waals surface area contributed by atoms with E-state index in [0.29, 0.717) is 15.0 Å². The topological polar surface area (TPSA) is 98.8 Å². The first-order valence-electron chi connectivity index (χ1n) is 12.9. The number of ether oxygens (including phenoxy) is 2. The average molecular weight is 618 g/mol. The van der Waals surface area contributed by atoms with Gasteiger partial charge in [0, 0.05) is 18.8 Å². The van der Waals surface area contributed by atoms with Crippen LogP contribution >= 0.6 is 22.9 Å². The summed E-state index contributed by atoms with van der Waals surface area (Å²) < 4.78 is 51.2. The van der Waals surface area contributed by atoms with Gasteiger partial charge in [0.05, 0.1) is 34.4 Å². The number of rotatable bonds is 14. The van der Waals surface area contributed by atoms with Crippen molar-refractivity contribution in [3.8, 4) is 5.75 Å². The number of hydrogen-bond acceptors (Lipinski definition) is 7. The van der Waals surface area contributed by atoms with Gasteiger partial charge in [-0.15, -0.1) is 11.3 Å². The molecule has 7 nitrogen and oxygen atoms in total. The highest BCUT2D eigenvalue weighted by Crippen LogP contribution is 2.31. The molecule has 0 aliphatic carbocycles. The predicted octanol–water partition coefficient (Wildman–Crippen LogP) is 6.63. The summed E-state index contributed by atoms with van der Waals surface area (Å²) >= 11 is 7.01. The zero-order valence-corrected chi connectivity index (χ0v) is 25.3. The molecule has 226 valence electrons. The summed E-state index contributed by atoms with van der Waals surface area (Å²) in [6.07, 6.45) is -6.12. The summed E-state index contributed by atoms with van der Waals surface area (Å²) in [7, 11) is 1.44. The number of hydrogen-bond donors (Lipinski definition) is 1. The number of benzene rings is 1. The van der Waals surface area contributed by atoms with E-state index < -0.39 is 59.5 Å². The minimum Gasteiger partial charge on any atom is -0.497 e. The van der Waals surface area contributed by atoms with Crippen LogP contribution < -0.4 is 10.1 Å². The Morgan fingerprint density at radius 2 is 1.59 bits per heavy atom. The molecule has 1 heterocycles. The van der Waals surface area contributed by atoms with Crippen LogP contribution in [0, 0.1) is 17.8 Å². The third kappa shape index (κ3) is 10.5. The Morgan fingerprint density at radius 3 is 2.05 bits per heavy atom. The Hall–Kier alpha value is -2.76. The smallest absolute Gasteiger partial charge is 0.450 e. The van der Waals surface area contributed by atoms with Crippen molar-refractivity contribution in [2.45, 2.75) is 65.3 Å². The van der Waals surface area contributed by atoms with Crippen LogP contribution in [-0.4, -0.2) is 48.8 Å². The number of halogens is 4. The van der Waals surface area contributed by atoms with Crippen molar-refractivity contribution in [3.05, 3.63) is 51.2 Å². The van der Waals surface area contributed by atoms with Gasteiger partial charge in [0.1, 0.15) is 11.8 Å². The molecule has 0 aliphatic heterocycles. The third-order valence-corrected chi connectivity index (χ3v) is 7.54. The van der Waals surface area contributed by atoms with Crippen LogP contribution in [0.2, 0.25) is 4.34 Å². The Kier molecular flexibility index (Phi) is 12.1. The highest BCUT2D eigenvalue weighted by Gasteiger charge is 2.45. The van der Waals surface area contributed by atoms with Gasteiger partial charge in [-0.2, -0.15) is 13.2 Å². The molecule has 0 saturated heterocycles. The van der Waals surface area contributed by atoms with Gasteiger partial charge in [-0.05, 0) is 56.5 Å². The van der Waals surface area contributed by atoms with E-state index in [9.17, 15) is 32.3 Å². The first-order chi connectivity index (χ1) is 18.9. The molecular formula is C29H35ClF3NO6S. The molecule has 2 aromatic rings. The fourth-order valence-corrected chi connectivity index (χ4v) is 4.94. The predicted molar refractivity (Wildman–Crippen MR) is 150 cm³/mol. The number of methoxy groups -OCH3 is 1. The first kappa shape index (κ1) is 34.4. The number of nitrogens with one attached hydrogen (secondary N) is 1. The van der Waals surface area contributed by atoms with Crippen LogP contribution in [0.4, 0.5) is 13.2 Å². The lowest BCUT2D eigenvalue weighted by molar-refractivity contribution is -0.177. The number of alkyl halides is 3. The van der Waals surface area contributed by atoms with Gasteiger partial charge in [0.25, 0.3) is 0 Å². The van der Waals surface area contributed by atoms with Crippen molar-refractivity contribution in [2.24, 2.45) is 17.8 Å². The maximum atomic E-state index is 13.6. The summed E-state index contributed by atoms with van der Waals surface area (Å²) in [5, 5.41) is 2.61. The van der Waals surface area contributed by atoms with Gasteiger partial charge in [0.15, 0.2) is 11.6 Å². The Bertz CT molecular complexity index is 1220. The molecule has 1 aromatic heterocycles. The number of ketones is 3. The Morgan fingerprint density at radius 1 is 0.976 bits per heavy atom. The second kappa shape index (κ2) is 14.4. The van der Waals surface area contributed by atoms with Crippen LogP contribution in [0.25, 0.3) is 0 Å².